The van der Waals surface area contributed by atoms with Gasteiger partial charge in [-0.05, 0) is 31.1 Å². The molecule has 0 saturated carbocycles. The first-order chi connectivity index (χ1) is 11.0. The van der Waals surface area contributed by atoms with Crippen LogP contribution in [-0.2, 0) is 0 Å². The van der Waals surface area contributed by atoms with Crippen LogP contribution in [0.3, 0.4) is 0 Å². The van der Waals surface area contributed by atoms with Gasteiger partial charge in [-0.2, -0.15) is 9.97 Å². The summed E-state index contributed by atoms with van der Waals surface area (Å²) in [5.41, 5.74) is 5.76. The lowest BCUT2D eigenvalue weighted by Gasteiger charge is -2.35. The van der Waals surface area contributed by atoms with Gasteiger partial charge in [0.2, 0.25) is 17.6 Å². The van der Waals surface area contributed by atoms with E-state index in [0.717, 1.165) is 45.4 Å². The van der Waals surface area contributed by atoms with E-state index in [1.807, 2.05) is 4.90 Å². The second-order valence-electron chi connectivity index (χ2n) is 6.88. The number of nitrogens with zero attached hydrogens (tertiary/aromatic N) is 5. The van der Waals surface area contributed by atoms with Gasteiger partial charge in [-0.15, -0.1) is 0 Å². The summed E-state index contributed by atoms with van der Waals surface area (Å²) in [6.07, 6.45) is 3.31. The van der Waals surface area contributed by atoms with Gasteiger partial charge in [0.05, 0.1) is 4.92 Å². The van der Waals surface area contributed by atoms with E-state index in [9.17, 15) is 10.1 Å². The molecular formula is C15H24N6O2. The van der Waals surface area contributed by atoms with Crippen LogP contribution in [0, 0.1) is 22.0 Å². The lowest BCUT2D eigenvalue weighted by molar-refractivity contribution is -0.383. The number of aromatic nitrogens is 2. The Kier molecular flexibility index (Phi) is 4.23. The largest absolute Gasteiger partial charge is 0.378 e. The lowest BCUT2D eigenvalue weighted by Crippen LogP contribution is -2.40. The Bertz CT molecular complexity index is 592. The molecule has 1 aromatic rings. The summed E-state index contributed by atoms with van der Waals surface area (Å²) in [6.45, 7) is 7.62. The summed E-state index contributed by atoms with van der Waals surface area (Å²) < 4.78 is 0. The average molecular weight is 320 g/mol. The first-order valence-electron chi connectivity index (χ1n) is 8.27. The first-order valence-corrected chi connectivity index (χ1v) is 8.27. The summed E-state index contributed by atoms with van der Waals surface area (Å²) in [7, 11) is 0. The normalized spacial score (nSPS) is 25.0. The van der Waals surface area contributed by atoms with Crippen LogP contribution in [-0.4, -0.2) is 41.1 Å². The SMILES string of the molecule is C[C@@H]1C[C@@H](C)CN(c2nc(N3CCCC3)nc(N)c2[N+](=O)[O-])C1. The predicted octanol–water partition coefficient (Wildman–Crippen LogP) is 2.05. The molecule has 0 spiro atoms. The minimum absolute atomic E-state index is 0.0345. The van der Waals surface area contributed by atoms with E-state index >= 15 is 0 Å². The van der Waals surface area contributed by atoms with Crippen molar-refractivity contribution in [2.75, 3.05) is 41.7 Å². The standard InChI is InChI=1S/C15H24N6O2/c1-10-7-11(2)9-20(8-10)14-12(21(22)23)13(16)17-15(18-14)19-5-3-4-6-19/h10-11H,3-9H2,1-2H3,(H2,16,17,18)/t10-,11-/m1/s1. The number of hydrogen-bond donors (Lipinski definition) is 1. The monoisotopic (exact) mass is 320 g/mol. The summed E-state index contributed by atoms with van der Waals surface area (Å²) in [6, 6.07) is 0. The molecule has 0 amide bonds. The highest BCUT2D eigenvalue weighted by Crippen LogP contribution is 2.36. The van der Waals surface area contributed by atoms with Gasteiger partial charge >= 0.3 is 5.69 Å². The van der Waals surface area contributed by atoms with Crippen molar-refractivity contribution in [3.8, 4) is 0 Å². The number of hydrogen-bond acceptors (Lipinski definition) is 7. The summed E-state index contributed by atoms with van der Waals surface area (Å²) in [4.78, 5) is 23.8. The Morgan fingerprint density at radius 1 is 1.13 bits per heavy atom. The first kappa shape index (κ1) is 15.8. The predicted molar refractivity (Wildman–Crippen MR) is 89.7 cm³/mol. The van der Waals surface area contributed by atoms with E-state index in [1.54, 1.807) is 0 Å². The van der Waals surface area contributed by atoms with Gasteiger partial charge in [0.1, 0.15) is 0 Å². The molecule has 2 fully saturated rings. The molecule has 8 nitrogen and oxygen atoms in total. The molecule has 126 valence electrons. The molecule has 3 rings (SSSR count). The molecule has 8 heteroatoms. The highest BCUT2D eigenvalue weighted by Gasteiger charge is 2.32. The third-order valence-electron chi connectivity index (χ3n) is 4.62. The van der Waals surface area contributed by atoms with Crippen molar-refractivity contribution in [3.63, 3.8) is 0 Å². The average Bonchev–Trinajstić information content (AvgIpc) is 2.99. The maximum Gasteiger partial charge on any atom is 0.353 e. The van der Waals surface area contributed by atoms with Crippen LogP contribution in [0.5, 0.6) is 0 Å². The molecule has 3 heterocycles. The van der Waals surface area contributed by atoms with Crippen LogP contribution in [0.15, 0.2) is 0 Å². The molecule has 2 aliphatic rings. The number of anilines is 3. The van der Waals surface area contributed by atoms with Crippen LogP contribution < -0.4 is 15.5 Å². The molecule has 2 saturated heterocycles. The highest BCUT2D eigenvalue weighted by atomic mass is 16.6. The van der Waals surface area contributed by atoms with Crippen LogP contribution in [0.2, 0.25) is 0 Å². The third kappa shape index (κ3) is 3.16. The van der Waals surface area contributed by atoms with Gasteiger partial charge in [0.25, 0.3) is 0 Å². The maximum absolute atomic E-state index is 11.5. The lowest BCUT2D eigenvalue weighted by atomic mass is 9.92. The molecule has 0 unspecified atom stereocenters. The number of rotatable bonds is 3. The van der Waals surface area contributed by atoms with Crippen LogP contribution in [0.1, 0.15) is 33.1 Å². The number of nitrogens with two attached hydrogens (primary N) is 1. The minimum Gasteiger partial charge on any atom is -0.378 e. The minimum atomic E-state index is -0.456. The molecule has 2 N–H and O–H groups in total. The second-order valence-corrected chi connectivity index (χ2v) is 6.88. The van der Waals surface area contributed by atoms with Gasteiger partial charge in [0.15, 0.2) is 0 Å². The molecule has 0 aliphatic carbocycles. The topological polar surface area (TPSA) is 101 Å². The van der Waals surface area contributed by atoms with Gasteiger partial charge in [-0.3, -0.25) is 10.1 Å². The number of nitrogen functional groups attached to an aromatic ring is 1. The van der Waals surface area contributed by atoms with Gasteiger partial charge in [-0.1, -0.05) is 13.8 Å². The Hall–Kier alpha value is -2.12. The van der Waals surface area contributed by atoms with Crippen LogP contribution >= 0.6 is 0 Å². The molecule has 2 aliphatic heterocycles. The zero-order valence-corrected chi connectivity index (χ0v) is 13.7. The van der Waals surface area contributed by atoms with E-state index < -0.39 is 4.92 Å². The molecular weight excluding hydrogens is 296 g/mol. The van der Waals surface area contributed by atoms with Crippen molar-refractivity contribution >= 4 is 23.3 Å². The zero-order valence-electron chi connectivity index (χ0n) is 13.7. The fourth-order valence-corrected chi connectivity index (χ4v) is 3.74. The van der Waals surface area contributed by atoms with Crippen molar-refractivity contribution in [1.82, 2.24) is 9.97 Å². The molecule has 2 atom stereocenters. The Morgan fingerprint density at radius 2 is 1.74 bits per heavy atom. The molecule has 0 aromatic carbocycles. The van der Waals surface area contributed by atoms with Gasteiger partial charge in [0, 0.05) is 26.2 Å². The Balaban J connectivity index is 2.02. The maximum atomic E-state index is 11.5. The summed E-state index contributed by atoms with van der Waals surface area (Å²) >= 11 is 0. The highest BCUT2D eigenvalue weighted by molar-refractivity contribution is 5.71. The fraction of sp³-hybridized carbons (Fsp3) is 0.733. The zero-order chi connectivity index (χ0) is 16.6. The second kappa shape index (κ2) is 6.17. The van der Waals surface area contributed by atoms with E-state index in [1.165, 1.54) is 0 Å². The molecule has 0 bridgehead atoms. The number of piperidine rings is 1. The fourth-order valence-electron chi connectivity index (χ4n) is 3.74. The van der Waals surface area contributed by atoms with Crippen molar-refractivity contribution in [2.24, 2.45) is 11.8 Å². The van der Waals surface area contributed by atoms with Crippen molar-refractivity contribution in [1.29, 1.82) is 0 Å². The smallest absolute Gasteiger partial charge is 0.353 e. The third-order valence-corrected chi connectivity index (χ3v) is 4.62. The van der Waals surface area contributed by atoms with E-state index in [2.05, 4.69) is 28.7 Å². The van der Waals surface area contributed by atoms with E-state index in [4.69, 9.17) is 5.73 Å². The molecule has 23 heavy (non-hydrogen) atoms. The molecule has 1 aromatic heterocycles. The Labute approximate surface area is 135 Å². The Morgan fingerprint density at radius 3 is 2.30 bits per heavy atom. The van der Waals surface area contributed by atoms with Gasteiger partial charge < -0.3 is 15.5 Å². The van der Waals surface area contributed by atoms with Crippen molar-refractivity contribution < 1.29 is 4.92 Å². The number of nitro groups is 1. The molecule has 0 radical (unpaired) electrons. The van der Waals surface area contributed by atoms with Crippen molar-refractivity contribution in [2.45, 2.75) is 33.1 Å². The van der Waals surface area contributed by atoms with Crippen LogP contribution in [0.25, 0.3) is 0 Å². The van der Waals surface area contributed by atoms with Crippen LogP contribution in [0.4, 0.5) is 23.3 Å². The van der Waals surface area contributed by atoms with Crippen molar-refractivity contribution in [3.05, 3.63) is 10.1 Å². The summed E-state index contributed by atoms with van der Waals surface area (Å²) in [5, 5.41) is 11.5. The van der Waals surface area contributed by atoms with E-state index in [-0.39, 0.29) is 11.5 Å². The quantitative estimate of drug-likeness (QED) is 0.671. The summed E-state index contributed by atoms with van der Waals surface area (Å²) in [5.74, 6) is 1.82. The van der Waals surface area contributed by atoms with Gasteiger partial charge in [-0.25, -0.2) is 0 Å². The van der Waals surface area contributed by atoms with E-state index in [0.29, 0.717) is 23.6 Å².